The van der Waals surface area contributed by atoms with E-state index in [1.54, 1.807) is 0 Å². The average Bonchev–Trinajstić information content (AvgIpc) is 2.39. The van der Waals surface area contributed by atoms with Gasteiger partial charge in [0.05, 0.1) is 16.7 Å². The first-order valence-corrected chi connectivity index (χ1v) is 6.50. The molecule has 0 atom stereocenters. The monoisotopic (exact) mass is 328 g/mol. The molecule has 0 aliphatic heterocycles. The van der Waals surface area contributed by atoms with Crippen molar-refractivity contribution >= 4 is 33.4 Å². The van der Waals surface area contributed by atoms with Gasteiger partial charge < -0.3 is 5.32 Å². The van der Waals surface area contributed by atoms with Crippen LogP contribution >= 0.6 is 0 Å². The maximum Gasteiger partial charge on any atom is 1.00 e. The number of aryl methyl sites for hydroxylation is 2. The fraction of sp³-hybridized carbons (Fsp3) is 0.188. The quantitative estimate of drug-likeness (QED) is 0.550. The second kappa shape index (κ2) is 5.80. The van der Waals surface area contributed by atoms with Gasteiger partial charge in [0.15, 0.2) is 0 Å². The van der Waals surface area contributed by atoms with Crippen LogP contribution in [0, 0.1) is 13.8 Å². The first kappa shape index (κ1) is 15.4. The van der Waals surface area contributed by atoms with Gasteiger partial charge in [-0.1, -0.05) is 6.07 Å². The smallest absolute Gasteiger partial charge is 0.326 e. The summed E-state index contributed by atoms with van der Waals surface area (Å²) in [6.45, 7) is 5.42. The van der Waals surface area contributed by atoms with Gasteiger partial charge in [-0.2, -0.15) is 0 Å². The molecule has 4 nitrogen and oxygen atoms in total. The number of nitrogens with one attached hydrogen (secondary N) is 1. The molecule has 1 aromatic carbocycles. The number of anilines is 1. The Morgan fingerprint density at radius 1 is 1.00 bits per heavy atom. The van der Waals surface area contributed by atoms with Gasteiger partial charge in [-0.25, -0.2) is 0 Å². The Balaban J connectivity index is 0.00000161. The summed E-state index contributed by atoms with van der Waals surface area (Å²) in [7, 11) is 0. The first-order valence-electron chi connectivity index (χ1n) is 6.50. The number of amides is 1. The number of hydrogen-bond acceptors (Lipinski definition) is 3. The van der Waals surface area contributed by atoms with Crippen molar-refractivity contribution in [3.63, 3.8) is 0 Å². The zero-order chi connectivity index (χ0) is 14.3. The van der Waals surface area contributed by atoms with Crippen molar-refractivity contribution in [2.45, 2.75) is 20.8 Å². The van der Waals surface area contributed by atoms with Crippen molar-refractivity contribution in [1.29, 1.82) is 0 Å². The number of fused-ring (bicyclic) bond motifs is 3. The number of hydrogen-bond donors (Lipinski definition) is 1. The topological polar surface area (TPSA) is 54.9 Å². The average molecular weight is 329 g/mol. The Labute approximate surface area is 133 Å². The Morgan fingerprint density at radius 3 is 2.29 bits per heavy atom. The van der Waals surface area contributed by atoms with Gasteiger partial charge in [0, 0.05) is 29.1 Å². The normalized spacial score (nSPS) is 10.4. The maximum atomic E-state index is 11.4. The molecule has 1 amide bonds. The van der Waals surface area contributed by atoms with E-state index in [-0.39, 0.29) is 23.0 Å². The largest absolute Gasteiger partial charge is 1.00 e. The van der Waals surface area contributed by atoms with Gasteiger partial charge in [0.2, 0.25) is 5.91 Å². The molecular weight excluding hydrogens is 314 g/mol. The minimum atomic E-state index is -0.0914. The molecule has 5 heteroatoms. The standard InChI is InChI=1S/C16H15N3O.Cu/c1-9-4-6-12-8-14(19-11(3)20)13-7-5-10(2)18-16(13)15(12)17-9;/h4-8H,1-3H3,(H,19,20);/q;+1. The van der Waals surface area contributed by atoms with E-state index in [0.717, 1.165) is 38.9 Å². The second-order valence-corrected chi connectivity index (χ2v) is 4.98. The molecule has 1 N–H and O–H groups in total. The first-order chi connectivity index (χ1) is 9.54. The Bertz CT molecular complexity index is 846. The van der Waals surface area contributed by atoms with Gasteiger partial charge in [0.25, 0.3) is 0 Å². The number of carbonyl (C=O) groups is 1. The zero-order valence-electron chi connectivity index (χ0n) is 12.0. The van der Waals surface area contributed by atoms with Gasteiger partial charge in [-0.05, 0) is 38.1 Å². The minimum absolute atomic E-state index is 0. The van der Waals surface area contributed by atoms with E-state index < -0.39 is 0 Å². The molecule has 2 heterocycles. The van der Waals surface area contributed by atoms with Crippen LogP contribution < -0.4 is 5.32 Å². The van der Waals surface area contributed by atoms with E-state index >= 15 is 0 Å². The molecule has 2 aromatic heterocycles. The van der Waals surface area contributed by atoms with E-state index in [1.165, 1.54) is 6.92 Å². The van der Waals surface area contributed by atoms with Crippen LogP contribution in [-0.2, 0) is 21.9 Å². The fourth-order valence-electron chi connectivity index (χ4n) is 2.35. The number of pyridine rings is 2. The molecule has 0 aliphatic carbocycles. The fourth-order valence-corrected chi connectivity index (χ4v) is 2.35. The van der Waals surface area contributed by atoms with Crippen molar-refractivity contribution in [1.82, 2.24) is 9.97 Å². The predicted molar refractivity (Wildman–Crippen MR) is 80.8 cm³/mol. The van der Waals surface area contributed by atoms with Gasteiger partial charge in [-0.3, -0.25) is 14.8 Å². The van der Waals surface area contributed by atoms with Crippen LogP contribution in [0.1, 0.15) is 18.3 Å². The third kappa shape index (κ3) is 2.89. The second-order valence-electron chi connectivity index (χ2n) is 4.98. The van der Waals surface area contributed by atoms with E-state index in [9.17, 15) is 4.79 Å². The Morgan fingerprint density at radius 2 is 1.62 bits per heavy atom. The molecule has 0 unspecified atom stereocenters. The number of nitrogens with zero attached hydrogens (tertiary/aromatic N) is 2. The molecule has 0 saturated carbocycles. The van der Waals surface area contributed by atoms with E-state index in [2.05, 4.69) is 15.3 Å². The summed E-state index contributed by atoms with van der Waals surface area (Å²) in [6, 6.07) is 9.83. The molecule has 0 fully saturated rings. The molecule has 0 spiro atoms. The van der Waals surface area contributed by atoms with Crippen molar-refractivity contribution < 1.29 is 21.9 Å². The molecule has 3 rings (SSSR count). The molecular formula is C16H15CuN3O+. The number of rotatable bonds is 1. The molecule has 21 heavy (non-hydrogen) atoms. The third-order valence-corrected chi connectivity index (χ3v) is 3.23. The summed E-state index contributed by atoms with van der Waals surface area (Å²) in [4.78, 5) is 20.6. The van der Waals surface area contributed by atoms with Gasteiger partial charge in [0.1, 0.15) is 0 Å². The van der Waals surface area contributed by atoms with Crippen LogP contribution in [0.4, 0.5) is 5.69 Å². The van der Waals surface area contributed by atoms with Crippen LogP contribution in [0.2, 0.25) is 0 Å². The van der Waals surface area contributed by atoms with Crippen molar-refractivity contribution in [2.75, 3.05) is 5.32 Å². The van der Waals surface area contributed by atoms with Crippen LogP contribution in [0.25, 0.3) is 21.8 Å². The maximum absolute atomic E-state index is 11.4. The summed E-state index contributed by atoms with van der Waals surface area (Å²) in [5.74, 6) is -0.0914. The van der Waals surface area contributed by atoms with E-state index in [4.69, 9.17) is 0 Å². The van der Waals surface area contributed by atoms with Crippen molar-refractivity contribution in [3.05, 3.63) is 41.7 Å². The zero-order valence-corrected chi connectivity index (χ0v) is 12.9. The molecule has 3 aromatic rings. The van der Waals surface area contributed by atoms with Crippen LogP contribution in [0.5, 0.6) is 0 Å². The third-order valence-electron chi connectivity index (χ3n) is 3.23. The molecule has 110 valence electrons. The predicted octanol–water partition coefficient (Wildman–Crippen LogP) is 3.36. The summed E-state index contributed by atoms with van der Waals surface area (Å²) in [6.07, 6.45) is 0. The number of aromatic nitrogens is 2. The number of benzene rings is 1. The Hall–Kier alpha value is -1.97. The molecule has 0 radical (unpaired) electrons. The summed E-state index contributed by atoms with van der Waals surface area (Å²) in [5, 5.41) is 4.76. The number of carbonyl (C=O) groups excluding carboxylic acids is 1. The summed E-state index contributed by atoms with van der Waals surface area (Å²) in [5.41, 5.74) is 4.36. The van der Waals surface area contributed by atoms with Crippen LogP contribution in [0.15, 0.2) is 30.3 Å². The van der Waals surface area contributed by atoms with Crippen LogP contribution in [0.3, 0.4) is 0 Å². The molecule has 0 bridgehead atoms. The van der Waals surface area contributed by atoms with Crippen LogP contribution in [-0.4, -0.2) is 15.9 Å². The molecule has 0 aliphatic rings. The summed E-state index contributed by atoms with van der Waals surface area (Å²) < 4.78 is 0. The minimum Gasteiger partial charge on any atom is -0.326 e. The van der Waals surface area contributed by atoms with Crippen molar-refractivity contribution in [2.24, 2.45) is 0 Å². The summed E-state index contributed by atoms with van der Waals surface area (Å²) >= 11 is 0. The van der Waals surface area contributed by atoms with E-state index in [0.29, 0.717) is 0 Å². The van der Waals surface area contributed by atoms with Crippen molar-refractivity contribution in [3.8, 4) is 0 Å². The molecule has 0 saturated heterocycles. The van der Waals surface area contributed by atoms with Gasteiger partial charge >= 0.3 is 17.1 Å². The SMILES string of the molecule is CC(=O)Nc1cc2ccc(C)nc2c2nc(C)ccc12.[Cu+]. The van der Waals surface area contributed by atoms with E-state index in [1.807, 2.05) is 44.2 Å². The van der Waals surface area contributed by atoms with Gasteiger partial charge in [-0.15, -0.1) is 0 Å². The Kier molecular flexibility index (Phi) is 4.26.